The summed E-state index contributed by atoms with van der Waals surface area (Å²) >= 11 is 0. The molecule has 3 heteroatoms. The van der Waals surface area contributed by atoms with Crippen molar-refractivity contribution in [3.05, 3.63) is 24.0 Å². The fourth-order valence-electron chi connectivity index (χ4n) is 1.94. The average Bonchev–Trinajstić information content (AvgIpc) is 2.39. The number of aromatic nitrogens is 1. The van der Waals surface area contributed by atoms with Gasteiger partial charge in [0.2, 0.25) is 0 Å². The summed E-state index contributed by atoms with van der Waals surface area (Å²) < 4.78 is 0. The topological polar surface area (TPSA) is 36.4 Å². The van der Waals surface area contributed by atoms with Gasteiger partial charge in [-0.2, -0.15) is 0 Å². The number of nitrogens with zero attached hydrogens (tertiary/aromatic N) is 2. The van der Waals surface area contributed by atoms with E-state index in [1.807, 2.05) is 19.2 Å². The highest BCUT2D eigenvalue weighted by atomic mass is 16.3. The van der Waals surface area contributed by atoms with Gasteiger partial charge in [0.15, 0.2) is 0 Å². The van der Waals surface area contributed by atoms with E-state index in [0.29, 0.717) is 12.5 Å². The molecule has 1 N–H and O–H groups in total. The van der Waals surface area contributed by atoms with E-state index in [9.17, 15) is 5.11 Å². The van der Waals surface area contributed by atoms with Gasteiger partial charge in [0.25, 0.3) is 0 Å². The standard InChI is InChI=1S/C14H24N2O/c1-5-11(4)16(7-3)12-8-9-13(15-10-12)14(17)6-2/h8-11,14,17H,5-7H2,1-4H3. The highest BCUT2D eigenvalue weighted by Gasteiger charge is 2.12. The monoisotopic (exact) mass is 236 g/mol. The Bertz CT molecular complexity index is 323. The van der Waals surface area contributed by atoms with Crippen molar-refractivity contribution in [2.75, 3.05) is 11.4 Å². The number of anilines is 1. The Balaban J connectivity index is 2.85. The van der Waals surface area contributed by atoms with E-state index < -0.39 is 6.10 Å². The molecule has 0 amide bonds. The Labute approximate surface area is 104 Å². The first-order valence-electron chi connectivity index (χ1n) is 6.54. The maximum Gasteiger partial charge on any atom is 0.0957 e. The third-order valence-electron chi connectivity index (χ3n) is 3.29. The van der Waals surface area contributed by atoms with Gasteiger partial charge >= 0.3 is 0 Å². The summed E-state index contributed by atoms with van der Waals surface area (Å²) in [7, 11) is 0. The lowest BCUT2D eigenvalue weighted by Crippen LogP contribution is -2.32. The summed E-state index contributed by atoms with van der Waals surface area (Å²) in [6.07, 6.45) is 3.24. The zero-order valence-electron chi connectivity index (χ0n) is 11.3. The molecule has 0 saturated heterocycles. The van der Waals surface area contributed by atoms with Crippen LogP contribution in [0, 0.1) is 0 Å². The molecular weight excluding hydrogens is 212 g/mol. The molecule has 96 valence electrons. The lowest BCUT2D eigenvalue weighted by Gasteiger charge is -2.29. The number of rotatable bonds is 6. The molecular formula is C14H24N2O. The average molecular weight is 236 g/mol. The predicted molar refractivity (Wildman–Crippen MR) is 72.3 cm³/mol. The van der Waals surface area contributed by atoms with Crippen LogP contribution in [0.15, 0.2) is 18.3 Å². The van der Waals surface area contributed by atoms with Crippen molar-refractivity contribution in [1.82, 2.24) is 4.98 Å². The summed E-state index contributed by atoms with van der Waals surface area (Å²) in [4.78, 5) is 6.67. The second kappa shape index (κ2) is 6.60. The molecule has 0 aliphatic carbocycles. The van der Waals surface area contributed by atoms with Gasteiger partial charge in [-0.05, 0) is 38.8 Å². The molecule has 0 saturated carbocycles. The molecule has 0 aliphatic heterocycles. The Hall–Kier alpha value is -1.09. The molecule has 1 aromatic heterocycles. The minimum atomic E-state index is -0.442. The quantitative estimate of drug-likeness (QED) is 0.824. The van der Waals surface area contributed by atoms with Gasteiger partial charge in [-0.3, -0.25) is 4.98 Å². The van der Waals surface area contributed by atoms with Crippen molar-refractivity contribution in [2.45, 2.75) is 52.7 Å². The fraction of sp³-hybridized carbons (Fsp3) is 0.643. The summed E-state index contributed by atoms with van der Waals surface area (Å²) in [5.74, 6) is 0. The van der Waals surface area contributed by atoms with E-state index >= 15 is 0 Å². The lowest BCUT2D eigenvalue weighted by atomic mass is 10.1. The second-order valence-corrected chi connectivity index (χ2v) is 4.41. The molecule has 2 atom stereocenters. The van der Waals surface area contributed by atoms with Gasteiger partial charge in [-0.1, -0.05) is 13.8 Å². The molecule has 0 radical (unpaired) electrons. The van der Waals surface area contributed by atoms with Gasteiger partial charge in [-0.25, -0.2) is 0 Å². The van der Waals surface area contributed by atoms with Crippen LogP contribution in [0.3, 0.4) is 0 Å². The highest BCUT2D eigenvalue weighted by molar-refractivity contribution is 5.45. The second-order valence-electron chi connectivity index (χ2n) is 4.41. The number of hydrogen-bond acceptors (Lipinski definition) is 3. The molecule has 17 heavy (non-hydrogen) atoms. The molecule has 2 unspecified atom stereocenters. The van der Waals surface area contributed by atoms with E-state index in [1.54, 1.807) is 0 Å². The van der Waals surface area contributed by atoms with Crippen LogP contribution >= 0.6 is 0 Å². The van der Waals surface area contributed by atoms with Crippen LogP contribution in [0.5, 0.6) is 0 Å². The predicted octanol–water partition coefficient (Wildman–Crippen LogP) is 3.15. The van der Waals surface area contributed by atoms with Gasteiger partial charge in [0.1, 0.15) is 0 Å². The van der Waals surface area contributed by atoms with Crippen LogP contribution < -0.4 is 4.90 Å². The first-order valence-corrected chi connectivity index (χ1v) is 6.54. The molecule has 3 nitrogen and oxygen atoms in total. The molecule has 1 heterocycles. The summed E-state index contributed by atoms with van der Waals surface area (Å²) in [6.45, 7) is 9.50. The van der Waals surface area contributed by atoms with E-state index in [2.05, 4.69) is 36.7 Å². The maximum atomic E-state index is 9.70. The van der Waals surface area contributed by atoms with E-state index in [4.69, 9.17) is 0 Å². The minimum Gasteiger partial charge on any atom is -0.387 e. The Morgan fingerprint density at radius 2 is 1.94 bits per heavy atom. The zero-order valence-corrected chi connectivity index (χ0v) is 11.3. The fourth-order valence-corrected chi connectivity index (χ4v) is 1.94. The molecule has 0 spiro atoms. The van der Waals surface area contributed by atoms with Crippen molar-refractivity contribution < 1.29 is 5.11 Å². The van der Waals surface area contributed by atoms with Crippen LogP contribution in [0.2, 0.25) is 0 Å². The van der Waals surface area contributed by atoms with E-state index in [1.165, 1.54) is 0 Å². The molecule has 1 aromatic rings. The number of pyridine rings is 1. The lowest BCUT2D eigenvalue weighted by molar-refractivity contribution is 0.169. The van der Waals surface area contributed by atoms with Crippen molar-refractivity contribution in [1.29, 1.82) is 0 Å². The molecule has 1 rings (SSSR count). The van der Waals surface area contributed by atoms with Crippen molar-refractivity contribution in [3.8, 4) is 0 Å². The third-order valence-corrected chi connectivity index (χ3v) is 3.29. The molecule has 0 aromatic carbocycles. The third kappa shape index (κ3) is 3.43. The van der Waals surface area contributed by atoms with Crippen molar-refractivity contribution >= 4 is 5.69 Å². The van der Waals surface area contributed by atoms with Crippen molar-refractivity contribution in [2.24, 2.45) is 0 Å². The molecule has 0 aliphatic rings. The summed E-state index contributed by atoms with van der Waals surface area (Å²) in [6, 6.07) is 4.49. The van der Waals surface area contributed by atoms with Crippen LogP contribution in [-0.2, 0) is 0 Å². The number of aliphatic hydroxyl groups is 1. The smallest absolute Gasteiger partial charge is 0.0957 e. The van der Waals surface area contributed by atoms with Gasteiger partial charge in [-0.15, -0.1) is 0 Å². The van der Waals surface area contributed by atoms with Gasteiger partial charge < -0.3 is 10.0 Å². The number of aliphatic hydroxyl groups excluding tert-OH is 1. The molecule has 0 fully saturated rings. The van der Waals surface area contributed by atoms with Crippen LogP contribution in [0.25, 0.3) is 0 Å². The largest absolute Gasteiger partial charge is 0.387 e. The van der Waals surface area contributed by atoms with Gasteiger partial charge in [0.05, 0.1) is 23.7 Å². The summed E-state index contributed by atoms with van der Waals surface area (Å²) in [5.41, 5.74) is 1.89. The molecule has 0 bridgehead atoms. The first kappa shape index (κ1) is 14.0. The minimum absolute atomic E-state index is 0.442. The van der Waals surface area contributed by atoms with Crippen LogP contribution in [0.1, 0.15) is 52.3 Å². The van der Waals surface area contributed by atoms with Crippen molar-refractivity contribution in [3.63, 3.8) is 0 Å². The highest BCUT2D eigenvalue weighted by Crippen LogP contribution is 2.20. The maximum absolute atomic E-state index is 9.70. The van der Waals surface area contributed by atoms with Crippen LogP contribution in [-0.4, -0.2) is 22.7 Å². The zero-order chi connectivity index (χ0) is 12.8. The van der Waals surface area contributed by atoms with Gasteiger partial charge in [0, 0.05) is 12.6 Å². The Kier molecular flexibility index (Phi) is 5.42. The SMILES string of the molecule is CCC(O)c1ccc(N(CC)C(C)CC)cn1. The Morgan fingerprint density at radius 3 is 2.35 bits per heavy atom. The van der Waals surface area contributed by atoms with Crippen LogP contribution in [0.4, 0.5) is 5.69 Å². The Morgan fingerprint density at radius 1 is 1.24 bits per heavy atom. The first-order chi connectivity index (χ1) is 8.13. The van der Waals surface area contributed by atoms with E-state index in [-0.39, 0.29) is 0 Å². The van der Waals surface area contributed by atoms with E-state index in [0.717, 1.165) is 24.3 Å². The normalized spacial score (nSPS) is 14.4. The number of hydrogen-bond donors (Lipinski definition) is 1. The summed E-state index contributed by atoms with van der Waals surface area (Å²) in [5, 5.41) is 9.70.